The number of thiophene rings is 1. The number of fused-ring (bicyclic) bond motifs is 1. The summed E-state index contributed by atoms with van der Waals surface area (Å²) in [5.74, 6) is -0.429. The number of carbonyl (C=O) groups excluding carboxylic acids is 3. The van der Waals surface area contributed by atoms with Crippen molar-refractivity contribution in [2.75, 3.05) is 57.2 Å². The molecule has 0 aliphatic carbocycles. The highest BCUT2D eigenvalue weighted by Gasteiger charge is 2.23. The Morgan fingerprint density at radius 3 is 2.70 bits per heavy atom. The third-order valence-electron chi connectivity index (χ3n) is 6.31. The van der Waals surface area contributed by atoms with Crippen molar-refractivity contribution in [3.63, 3.8) is 0 Å². The molecule has 1 fully saturated rings. The number of benzene rings is 1. The third kappa shape index (κ3) is 5.12. The summed E-state index contributed by atoms with van der Waals surface area (Å²) in [5, 5.41) is 12.8. The predicted octanol–water partition coefficient (Wildman–Crippen LogP) is 2.53. The number of nitrogens with one attached hydrogen (secondary N) is 4. The lowest BCUT2D eigenvalue weighted by Crippen LogP contribution is -2.43. The van der Waals surface area contributed by atoms with Crippen molar-refractivity contribution in [2.45, 2.75) is 0 Å². The van der Waals surface area contributed by atoms with Crippen LogP contribution in [0.2, 0.25) is 0 Å². The maximum absolute atomic E-state index is 13.0. The molecule has 3 aromatic heterocycles. The smallest absolute Gasteiger partial charge is 0.266 e. The average Bonchev–Trinajstić information content (AvgIpc) is 3.67. The quantitative estimate of drug-likeness (QED) is 0.295. The fourth-order valence-corrected chi connectivity index (χ4v) is 5.11. The molecule has 11 nitrogen and oxygen atoms in total. The van der Waals surface area contributed by atoms with Gasteiger partial charge in [-0.25, -0.2) is 0 Å². The highest BCUT2D eigenvalue weighted by Crippen LogP contribution is 2.32. The number of aromatic amines is 2. The van der Waals surface area contributed by atoms with Crippen molar-refractivity contribution in [3.8, 4) is 10.4 Å². The molecule has 5 rings (SSSR count). The second-order valence-electron chi connectivity index (χ2n) is 8.63. The van der Waals surface area contributed by atoms with Crippen molar-refractivity contribution >= 4 is 51.5 Å². The number of likely N-dealkylation sites (N-methyl/N-ethyl adjacent to an activating group) is 1. The number of anilines is 2. The summed E-state index contributed by atoms with van der Waals surface area (Å²) >= 11 is 1.33. The number of morpholine rings is 1. The zero-order valence-electron chi connectivity index (χ0n) is 20.5. The van der Waals surface area contributed by atoms with Gasteiger partial charge in [0, 0.05) is 60.4 Å². The van der Waals surface area contributed by atoms with E-state index in [9.17, 15) is 14.4 Å². The molecule has 0 saturated carbocycles. The SMILES string of the molecule is CNC(=O)c1c(NC(=O)c2ccc(-c3cn[nH]c3)s2)[nH]c2cc(N(C)C(=O)CN3CCOCC3)ccc12. The number of hydrogen-bond donors (Lipinski definition) is 4. The maximum Gasteiger partial charge on any atom is 0.266 e. The Morgan fingerprint density at radius 1 is 1.16 bits per heavy atom. The third-order valence-corrected chi connectivity index (χ3v) is 7.44. The first-order valence-electron chi connectivity index (χ1n) is 11.8. The summed E-state index contributed by atoms with van der Waals surface area (Å²) in [4.78, 5) is 46.9. The summed E-state index contributed by atoms with van der Waals surface area (Å²) in [6, 6.07) is 8.96. The van der Waals surface area contributed by atoms with E-state index < -0.39 is 0 Å². The van der Waals surface area contributed by atoms with Crippen molar-refractivity contribution < 1.29 is 19.1 Å². The number of rotatable bonds is 7. The van der Waals surface area contributed by atoms with Crippen LogP contribution in [-0.2, 0) is 9.53 Å². The van der Waals surface area contributed by atoms with E-state index in [1.54, 1.807) is 48.6 Å². The average molecular weight is 522 g/mol. The first kappa shape index (κ1) is 24.7. The van der Waals surface area contributed by atoms with Gasteiger partial charge in [0.15, 0.2) is 0 Å². The summed E-state index contributed by atoms with van der Waals surface area (Å²) in [7, 11) is 3.26. The summed E-state index contributed by atoms with van der Waals surface area (Å²) in [6.07, 6.45) is 3.45. The van der Waals surface area contributed by atoms with Gasteiger partial charge in [-0.1, -0.05) is 0 Å². The molecule has 0 radical (unpaired) electrons. The minimum atomic E-state index is -0.338. The van der Waals surface area contributed by atoms with E-state index in [1.165, 1.54) is 18.4 Å². The number of carbonyl (C=O) groups is 3. The first-order chi connectivity index (χ1) is 17.9. The number of nitrogens with zero attached hydrogens (tertiary/aromatic N) is 3. The fraction of sp³-hybridized carbons (Fsp3) is 0.280. The van der Waals surface area contributed by atoms with Crippen molar-refractivity contribution in [3.05, 3.63) is 53.2 Å². The molecule has 37 heavy (non-hydrogen) atoms. The molecule has 3 amide bonds. The molecule has 0 unspecified atom stereocenters. The molecular weight excluding hydrogens is 494 g/mol. The normalized spacial score (nSPS) is 14.0. The predicted molar refractivity (Wildman–Crippen MR) is 142 cm³/mol. The molecule has 4 N–H and O–H groups in total. The van der Waals surface area contributed by atoms with Gasteiger partial charge in [-0.15, -0.1) is 11.3 Å². The topological polar surface area (TPSA) is 135 Å². The molecule has 4 aromatic rings. The van der Waals surface area contributed by atoms with Gasteiger partial charge in [-0.05, 0) is 30.3 Å². The van der Waals surface area contributed by atoms with Crippen LogP contribution in [0, 0.1) is 0 Å². The van der Waals surface area contributed by atoms with Gasteiger partial charge in [0.1, 0.15) is 5.82 Å². The lowest BCUT2D eigenvalue weighted by atomic mass is 10.1. The number of aromatic nitrogens is 3. The van der Waals surface area contributed by atoms with E-state index in [1.807, 2.05) is 6.07 Å². The molecule has 1 aliphatic rings. The van der Waals surface area contributed by atoms with Crippen molar-refractivity contribution in [2.24, 2.45) is 0 Å². The van der Waals surface area contributed by atoms with Crippen LogP contribution < -0.4 is 15.5 Å². The highest BCUT2D eigenvalue weighted by atomic mass is 32.1. The molecular formula is C25H27N7O4S. The number of amides is 3. The van der Waals surface area contributed by atoms with E-state index >= 15 is 0 Å². The van der Waals surface area contributed by atoms with Crippen LogP contribution in [-0.4, -0.2) is 84.7 Å². The Labute approximate surface area is 216 Å². The molecule has 1 saturated heterocycles. The van der Waals surface area contributed by atoms with Gasteiger partial charge in [0.05, 0.1) is 36.4 Å². The molecule has 0 spiro atoms. The van der Waals surface area contributed by atoms with E-state index in [-0.39, 0.29) is 23.5 Å². The van der Waals surface area contributed by atoms with Crippen LogP contribution >= 0.6 is 11.3 Å². The molecule has 1 aromatic carbocycles. The van der Waals surface area contributed by atoms with Gasteiger partial charge >= 0.3 is 0 Å². The van der Waals surface area contributed by atoms with E-state index in [2.05, 4.69) is 30.7 Å². The first-order valence-corrected chi connectivity index (χ1v) is 12.6. The zero-order chi connectivity index (χ0) is 25.9. The Bertz CT molecular complexity index is 1440. The van der Waals surface area contributed by atoms with Crippen LogP contribution in [0.4, 0.5) is 11.5 Å². The van der Waals surface area contributed by atoms with E-state index in [0.717, 1.165) is 23.5 Å². The van der Waals surface area contributed by atoms with Crippen molar-refractivity contribution in [1.82, 2.24) is 25.4 Å². The van der Waals surface area contributed by atoms with Gasteiger partial charge in [-0.2, -0.15) is 5.10 Å². The number of ether oxygens (including phenoxy) is 1. The second kappa shape index (κ2) is 10.5. The molecule has 0 bridgehead atoms. The minimum Gasteiger partial charge on any atom is -0.379 e. The highest BCUT2D eigenvalue weighted by molar-refractivity contribution is 7.17. The standard InChI is InChI=1S/C25H27N7O4S/c1-26-25(35)22-17-4-3-16(31(2)21(33)14-32-7-9-36-10-8-32)11-18(17)29-23(22)30-24(34)20-6-5-19(37-20)15-12-27-28-13-15/h3-6,11-13,29H,7-10,14H2,1-2H3,(H,26,35)(H,27,28)(H,30,34). The second-order valence-corrected chi connectivity index (χ2v) is 9.71. The molecule has 4 heterocycles. The monoisotopic (exact) mass is 521 g/mol. The zero-order valence-corrected chi connectivity index (χ0v) is 21.3. The number of hydrogen-bond acceptors (Lipinski definition) is 7. The van der Waals surface area contributed by atoms with Crippen LogP contribution in [0.15, 0.2) is 42.7 Å². The largest absolute Gasteiger partial charge is 0.379 e. The van der Waals surface area contributed by atoms with Gasteiger partial charge < -0.3 is 25.3 Å². The lowest BCUT2D eigenvalue weighted by Gasteiger charge is -2.28. The van der Waals surface area contributed by atoms with Crippen LogP contribution in [0.3, 0.4) is 0 Å². The maximum atomic E-state index is 13.0. The van der Waals surface area contributed by atoms with Crippen LogP contribution in [0.25, 0.3) is 21.3 Å². The van der Waals surface area contributed by atoms with Gasteiger partial charge in [0.25, 0.3) is 11.8 Å². The van der Waals surface area contributed by atoms with Gasteiger partial charge in [-0.3, -0.25) is 24.4 Å². The summed E-state index contributed by atoms with van der Waals surface area (Å²) in [6.45, 7) is 2.99. The Hall–Kier alpha value is -4.00. The Kier molecular flexibility index (Phi) is 7.04. The Balaban J connectivity index is 1.39. The van der Waals surface area contributed by atoms with E-state index in [0.29, 0.717) is 46.8 Å². The molecule has 0 atom stereocenters. The Morgan fingerprint density at radius 2 is 1.97 bits per heavy atom. The van der Waals surface area contributed by atoms with Gasteiger partial charge in [0.2, 0.25) is 5.91 Å². The molecule has 12 heteroatoms. The minimum absolute atomic E-state index is 0.0426. The van der Waals surface area contributed by atoms with Crippen LogP contribution in [0.5, 0.6) is 0 Å². The fourth-order valence-electron chi connectivity index (χ4n) is 4.23. The van der Waals surface area contributed by atoms with Crippen LogP contribution in [0.1, 0.15) is 20.0 Å². The summed E-state index contributed by atoms with van der Waals surface area (Å²) in [5.41, 5.74) is 2.52. The number of H-pyrrole nitrogens is 2. The molecule has 1 aliphatic heterocycles. The van der Waals surface area contributed by atoms with Crippen molar-refractivity contribution in [1.29, 1.82) is 0 Å². The molecule has 192 valence electrons. The summed E-state index contributed by atoms with van der Waals surface area (Å²) < 4.78 is 5.35. The lowest BCUT2D eigenvalue weighted by molar-refractivity contribution is -0.120. The van der Waals surface area contributed by atoms with E-state index in [4.69, 9.17) is 4.74 Å².